The highest BCUT2D eigenvalue weighted by Crippen LogP contribution is 2.32. The summed E-state index contributed by atoms with van der Waals surface area (Å²) >= 11 is 0. The van der Waals surface area contributed by atoms with Gasteiger partial charge in [-0.05, 0) is 25.7 Å². The van der Waals surface area contributed by atoms with E-state index in [9.17, 15) is 9.59 Å². The van der Waals surface area contributed by atoms with Crippen LogP contribution in [0.3, 0.4) is 0 Å². The minimum Gasteiger partial charge on any atom is -0.339 e. The molecule has 2 aliphatic carbocycles. The molecule has 0 bridgehead atoms. The van der Waals surface area contributed by atoms with Gasteiger partial charge in [0.25, 0.3) is 0 Å². The number of likely N-dealkylation sites (tertiary alicyclic amines) is 1. The van der Waals surface area contributed by atoms with E-state index in [1.807, 2.05) is 15.6 Å². The third kappa shape index (κ3) is 3.80. The Balaban J connectivity index is 1.27. The molecule has 0 unspecified atom stereocenters. The fraction of sp³-hybridized carbons (Fsp3) is 0.722. The topological polar surface area (TPSA) is 79.3 Å². The lowest BCUT2D eigenvalue weighted by molar-refractivity contribution is -0.128. The van der Waals surface area contributed by atoms with Crippen LogP contribution < -0.4 is 10.6 Å². The van der Waals surface area contributed by atoms with Gasteiger partial charge < -0.3 is 10.2 Å². The van der Waals surface area contributed by atoms with Gasteiger partial charge in [-0.3, -0.25) is 10.1 Å². The Labute approximate surface area is 148 Å². The van der Waals surface area contributed by atoms with Crippen molar-refractivity contribution in [1.82, 2.24) is 20.0 Å². The monoisotopic (exact) mass is 345 g/mol. The van der Waals surface area contributed by atoms with Crippen molar-refractivity contribution in [3.05, 3.63) is 12.3 Å². The fourth-order valence-corrected chi connectivity index (χ4v) is 4.11. The van der Waals surface area contributed by atoms with Crippen molar-refractivity contribution in [3.63, 3.8) is 0 Å². The third-order valence-electron chi connectivity index (χ3n) is 5.61. The van der Waals surface area contributed by atoms with Gasteiger partial charge in [0.05, 0.1) is 12.2 Å². The highest BCUT2D eigenvalue weighted by atomic mass is 16.2. The van der Waals surface area contributed by atoms with Gasteiger partial charge in [-0.15, -0.1) is 0 Å². The molecule has 2 saturated carbocycles. The minimum atomic E-state index is -0.213. The summed E-state index contributed by atoms with van der Waals surface area (Å²) in [6.07, 6.45) is 10.6. The van der Waals surface area contributed by atoms with E-state index < -0.39 is 0 Å². The van der Waals surface area contributed by atoms with E-state index in [0.29, 0.717) is 25.0 Å². The lowest BCUT2D eigenvalue weighted by atomic mass is 9.96. The molecule has 1 aromatic rings. The minimum absolute atomic E-state index is 0.213. The number of amides is 3. The van der Waals surface area contributed by atoms with Crippen LogP contribution in [0.4, 0.5) is 10.6 Å². The van der Waals surface area contributed by atoms with Gasteiger partial charge in [0.1, 0.15) is 5.82 Å². The molecule has 1 aliphatic heterocycles. The summed E-state index contributed by atoms with van der Waals surface area (Å²) in [5.41, 5.74) is 0. The van der Waals surface area contributed by atoms with E-state index in [0.717, 1.165) is 38.0 Å². The number of carbonyl (C=O) groups is 2. The first kappa shape index (κ1) is 16.4. The van der Waals surface area contributed by atoms with Crippen LogP contribution in [-0.4, -0.2) is 45.8 Å². The molecule has 0 aromatic carbocycles. The summed E-state index contributed by atoms with van der Waals surface area (Å²) in [5, 5.41) is 10.2. The van der Waals surface area contributed by atoms with Crippen molar-refractivity contribution in [1.29, 1.82) is 0 Å². The number of aromatic nitrogens is 2. The second-order valence-corrected chi connectivity index (χ2v) is 7.64. The van der Waals surface area contributed by atoms with Gasteiger partial charge >= 0.3 is 6.03 Å². The summed E-state index contributed by atoms with van der Waals surface area (Å²) in [5.74, 6) is 1.22. The van der Waals surface area contributed by atoms with Crippen LogP contribution in [0, 0.1) is 5.92 Å². The predicted molar refractivity (Wildman–Crippen MR) is 94.2 cm³/mol. The molecule has 4 rings (SSSR count). The molecule has 7 nitrogen and oxygen atoms in total. The van der Waals surface area contributed by atoms with Crippen molar-refractivity contribution in [2.75, 3.05) is 18.4 Å². The average molecular weight is 345 g/mol. The van der Waals surface area contributed by atoms with Crippen molar-refractivity contribution in [2.45, 2.75) is 63.5 Å². The van der Waals surface area contributed by atoms with Crippen LogP contribution in [0.5, 0.6) is 0 Å². The van der Waals surface area contributed by atoms with Crippen LogP contribution in [0.25, 0.3) is 0 Å². The molecule has 3 aliphatic rings. The van der Waals surface area contributed by atoms with Crippen molar-refractivity contribution in [2.24, 2.45) is 5.92 Å². The van der Waals surface area contributed by atoms with E-state index in [1.165, 1.54) is 19.3 Å². The number of urea groups is 1. The number of hydrogen-bond donors (Lipinski definition) is 2. The van der Waals surface area contributed by atoms with Crippen molar-refractivity contribution in [3.8, 4) is 0 Å². The summed E-state index contributed by atoms with van der Waals surface area (Å²) in [6.45, 7) is 1.32. The molecule has 0 spiro atoms. The maximum atomic E-state index is 12.2. The van der Waals surface area contributed by atoms with Crippen LogP contribution in [0.2, 0.25) is 0 Å². The molecule has 25 heavy (non-hydrogen) atoms. The SMILES string of the molecule is O=C(NC[C@H]1CC(=O)N(C2CC2)C1)Nc1ccnn1C1CCCCC1. The second kappa shape index (κ2) is 7.06. The average Bonchev–Trinajstić information content (AvgIpc) is 3.25. The molecule has 2 N–H and O–H groups in total. The molecule has 3 fully saturated rings. The van der Waals surface area contributed by atoms with E-state index in [-0.39, 0.29) is 17.9 Å². The molecule has 7 heteroatoms. The highest BCUT2D eigenvalue weighted by molar-refractivity contribution is 5.88. The molecule has 0 radical (unpaired) electrons. The molecular weight excluding hydrogens is 318 g/mol. The molecule has 1 atom stereocenters. The van der Waals surface area contributed by atoms with Gasteiger partial charge in [-0.2, -0.15) is 5.10 Å². The molecule has 3 amide bonds. The van der Waals surface area contributed by atoms with Crippen LogP contribution in [0.1, 0.15) is 57.4 Å². The normalized spacial score (nSPS) is 24.6. The van der Waals surface area contributed by atoms with E-state index in [4.69, 9.17) is 0 Å². The molecule has 1 saturated heterocycles. The third-order valence-corrected chi connectivity index (χ3v) is 5.61. The zero-order valence-corrected chi connectivity index (χ0v) is 14.6. The maximum Gasteiger partial charge on any atom is 0.320 e. The van der Waals surface area contributed by atoms with Gasteiger partial charge in [0.15, 0.2) is 0 Å². The molecule has 136 valence electrons. The standard InChI is InChI=1S/C18H27N5O2/c24-17-10-13(12-22(17)14-6-7-14)11-19-18(25)21-16-8-9-20-23(16)15-4-2-1-3-5-15/h8-9,13-15H,1-7,10-12H2,(H2,19,21,25)/t13-/m1/s1. The fourth-order valence-electron chi connectivity index (χ4n) is 4.11. The molecule has 2 heterocycles. The Morgan fingerprint density at radius 1 is 1.16 bits per heavy atom. The van der Waals surface area contributed by atoms with Crippen LogP contribution in [-0.2, 0) is 4.79 Å². The quantitative estimate of drug-likeness (QED) is 0.860. The lowest BCUT2D eigenvalue weighted by Crippen LogP contribution is -2.35. The number of nitrogens with one attached hydrogen (secondary N) is 2. The number of hydrogen-bond acceptors (Lipinski definition) is 3. The van der Waals surface area contributed by atoms with E-state index in [2.05, 4.69) is 15.7 Å². The number of carbonyl (C=O) groups excluding carboxylic acids is 2. The van der Waals surface area contributed by atoms with Gasteiger partial charge in [-0.1, -0.05) is 19.3 Å². The Bertz CT molecular complexity index is 633. The van der Waals surface area contributed by atoms with Crippen LogP contribution >= 0.6 is 0 Å². The summed E-state index contributed by atoms with van der Waals surface area (Å²) < 4.78 is 1.95. The lowest BCUT2D eigenvalue weighted by Gasteiger charge is -2.24. The number of rotatable bonds is 5. The first-order valence-corrected chi connectivity index (χ1v) is 9.58. The zero-order valence-electron chi connectivity index (χ0n) is 14.6. The van der Waals surface area contributed by atoms with E-state index >= 15 is 0 Å². The smallest absolute Gasteiger partial charge is 0.320 e. The highest BCUT2D eigenvalue weighted by Gasteiger charge is 2.39. The van der Waals surface area contributed by atoms with Crippen LogP contribution in [0.15, 0.2) is 12.3 Å². The Morgan fingerprint density at radius 3 is 2.72 bits per heavy atom. The Hall–Kier alpha value is -2.05. The van der Waals surface area contributed by atoms with E-state index in [1.54, 1.807) is 6.20 Å². The van der Waals surface area contributed by atoms with Crippen molar-refractivity contribution < 1.29 is 9.59 Å². The first-order chi connectivity index (χ1) is 12.2. The molecular formula is C18H27N5O2. The largest absolute Gasteiger partial charge is 0.339 e. The van der Waals surface area contributed by atoms with Crippen molar-refractivity contribution >= 4 is 17.8 Å². The van der Waals surface area contributed by atoms with Gasteiger partial charge in [0.2, 0.25) is 5.91 Å². The number of nitrogens with zero attached hydrogens (tertiary/aromatic N) is 3. The first-order valence-electron chi connectivity index (χ1n) is 9.58. The number of anilines is 1. The summed E-state index contributed by atoms with van der Waals surface area (Å²) in [7, 11) is 0. The maximum absolute atomic E-state index is 12.2. The molecule has 1 aromatic heterocycles. The zero-order chi connectivity index (χ0) is 17.2. The Morgan fingerprint density at radius 2 is 1.96 bits per heavy atom. The van der Waals surface area contributed by atoms with Gasteiger partial charge in [-0.25, -0.2) is 9.48 Å². The summed E-state index contributed by atoms with van der Waals surface area (Å²) in [4.78, 5) is 26.2. The second-order valence-electron chi connectivity index (χ2n) is 7.64. The summed E-state index contributed by atoms with van der Waals surface area (Å²) in [6, 6.07) is 2.49. The predicted octanol–water partition coefficient (Wildman–Crippen LogP) is 2.52. The Kier molecular flexibility index (Phi) is 4.63. The van der Waals surface area contributed by atoms with Gasteiger partial charge in [0, 0.05) is 37.5 Å².